The number of fused-ring (bicyclic) bond motifs is 1. The molecular formula is C12H16ClN3. The van der Waals surface area contributed by atoms with E-state index in [1.54, 1.807) is 0 Å². The zero-order valence-corrected chi connectivity index (χ0v) is 10.5. The summed E-state index contributed by atoms with van der Waals surface area (Å²) in [4.78, 5) is 4.55. The molecule has 0 aliphatic carbocycles. The van der Waals surface area contributed by atoms with Gasteiger partial charge in [0.25, 0.3) is 0 Å². The standard InChI is InChI=1S/C12H16ClN3/c1-7(2)16-11-9(13)5-4-6-10(11)15-12(16)8(3)14/h4-8H,14H2,1-3H3/t8-/m0/s1. The van der Waals surface area contributed by atoms with Crippen LogP contribution in [0.15, 0.2) is 18.2 Å². The Morgan fingerprint density at radius 1 is 1.31 bits per heavy atom. The molecule has 0 amide bonds. The van der Waals surface area contributed by atoms with Gasteiger partial charge in [-0.05, 0) is 32.9 Å². The topological polar surface area (TPSA) is 43.8 Å². The molecule has 1 atom stereocenters. The Kier molecular flexibility index (Phi) is 2.91. The van der Waals surface area contributed by atoms with Crippen LogP contribution in [0, 0.1) is 0 Å². The second-order valence-electron chi connectivity index (χ2n) is 4.33. The summed E-state index contributed by atoms with van der Waals surface area (Å²) in [5.74, 6) is 0.887. The monoisotopic (exact) mass is 237 g/mol. The number of halogens is 1. The van der Waals surface area contributed by atoms with E-state index in [2.05, 4.69) is 23.4 Å². The van der Waals surface area contributed by atoms with Crippen LogP contribution in [0.2, 0.25) is 5.02 Å². The van der Waals surface area contributed by atoms with Gasteiger partial charge in [-0.15, -0.1) is 0 Å². The molecule has 0 radical (unpaired) electrons. The van der Waals surface area contributed by atoms with Crippen LogP contribution < -0.4 is 5.73 Å². The second kappa shape index (κ2) is 4.07. The van der Waals surface area contributed by atoms with Gasteiger partial charge in [0, 0.05) is 6.04 Å². The summed E-state index contributed by atoms with van der Waals surface area (Å²) in [6.45, 7) is 6.15. The number of imidazole rings is 1. The molecule has 0 saturated heterocycles. The van der Waals surface area contributed by atoms with Gasteiger partial charge in [-0.1, -0.05) is 17.7 Å². The number of nitrogens with two attached hydrogens (primary N) is 1. The van der Waals surface area contributed by atoms with Crippen LogP contribution in [-0.2, 0) is 0 Å². The number of hydrogen-bond donors (Lipinski definition) is 1. The van der Waals surface area contributed by atoms with Crippen LogP contribution in [0.25, 0.3) is 11.0 Å². The molecule has 0 aliphatic heterocycles. The molecule has 0 saturated carbocycles. The van der Waals surface area contributed by atoms with Crippen molar-refractivity contribution in [3.63, 3.8) is 0 Å². The van der Waals surface area contributed by atoms with E-state index >= 15 is 0 Å². The maximum Gasteiger partial charge on any atom is 0.126 e. The van der Waals surface area contributed by atoms with Crippen molar-refractivity contribution in [2.24, 2.45) is 5.73 Å². The molecule has 1 aromatic carbocycles. The molecule has 0 unspecified atom stereocenters. The van der Waals surface area contributed by atoms with Crippen LogP contribution in [0.4, 0.5) is 0 Å². The van der Waals surface area contributed by atoms with E-state index in [1.807, 2.05) is 25.1 Å². The SMILES string of the molecule is CC(C)n1c([C@H](C)N)nc2cccc(Cl)c21. The molecule has 0 spiro atoms. The molecule has 2 N–H and O–H groups in total. The van der Waals surface area contributed by atoms with Crippen molar-refractivity contribution in [2.75, 3.05) is 0 Å². The summed E-state index contributed by atoms with van der Waals surface area (Å²) in [5.41, 5.74) is 7.83. The fourth-order valence-corrected chi connectivity index (χ4v) is 2.23. The van der Waals surface area contributed by atoms with E-state index in [1.165, 1.54) is 0 Å². The highest BCUT2D eigenvalue weighted by molar-refractivity contribution is 6.35. The maximum atomic E-state index is 6.22. The third-order valence-electron chi connectivity index (χ3n) is 2.61. The highest BCUT2D eigenvalue weighted by atomic mass is 35.5. The van der Waals surface area contributed by atoms with E-state index in [0.717, 1.165) is 21.9 Å². The Balaban J connectivity index is 2.83. The molecule has 1 heterocycles. The average Bonchev–Trinajstić information content (AvgIpc) is 2.58. The van der Waals surface area contributed by atoms with E-state index in [9.17, 15) is 0 Å². The fraction of sp³-hybridized carbons (Fsp3) is 0.417. The van der Waals surface area contributed by atoms with Crippen LogP contribution >= 0.6 is 11.6 Å². The van der Waals surface area contributed by atoms with E-state index < -0.39 is 0 Å². The van der Waals surface area contributed by atoms with E-state index in [4.69, 9.17) is 17.3 Å². The van der Waals surface area contributed by atoms with Crippen molar-refractivity contribution in [1.29, 1.82) is 0 Å². The number of nitrogens with zero attached hydrogens (tertiary/aromatic N) is 2. The van der Waals surface area contributed by atoms with E-state index in [-0.39, 0.29) is 6.04 Å². The lowest BCUT2D eigenvalue weighted by molar-refractivity contribution is 0.558. The van der Waals surface area contributed by atoms with Gasteiger partial charge in [-0.3, -0.25) is 0 Å². The molecule has 3 nitrogen and oxygen atoms in total. The minimum atomic E-state index is -0.0918. The first-order valence-corrected chi connectivity index (χ1v) is 5.82. The molecule has 2 rings (SSSR count). The van der Waals surface area contributed by atoms with Crippen LogP contribution in [0.5, 0.6) is 0 Å². The Bertz CT molecular complexity index is 514. The third kappa shape index (κ3) is 1.70. The van der Waals surface area contributed by atoms with Gasteiger partial charge in [0.2, 0.25) is 0 Å². The van der Waals surface area contributed by atoms with Crippen LogP contribution in [-0.4, -0.2) is 9.55 Å². The predicted octanol–water partition coefficient (Wildman–Crippen LogP) is 3.29. The number of para-hydroxylation sites is 1. The lowest BCUT2D eigenvalue weighted by atomic mass is 10.2. The largest absolute Gasteiger partial charge is 0.323 e. The number of hydrogen-bond acceptors (Lipinski definition) is 2. The molecule has 0 fully saturated rings. The lowest BCUT2D eigenvalue weighted by Gasteiger charge is -2.15. The van der Waals surface area contributed by atoms with Gasteiger partial charge < -0.3 is 10.3 Å². The zero-order chi connectivity index (χ0) is 11.9. The normalized spacial score (nSPS) is 13.6. The summed E-state index contributed by atoms with van der Waals surface area (Å²) >= 11 is 6.22. The Morgan fingerprint density at radius 3 is 2.56 bits per heavy atom. The first-order valence-electron chi connectivity index (χ1n) is 5.44. The predicted molar refractivity (Wildman–Crippen MR) is 67.7 cm³/mol. The van der Waals surface area contributed by atoms with Gasteiger partial charge >= 0.3 is 0 Å². The molecule has 0 bridgehead atoms. The molecule has 4 heteroatoms. The van der Waals surface area contributed by atoms with Gasteiger partial charge in [-0.25, -0.2) is 4.98 Å². The highest BCUT2D eigenvalue weighted by Gasteiger charge is 2.17. The molecular weight excluding hydrogens is 222 g/mol. The fourth-order valence-electron chi connectivity index (χ4n) is 1.97. The molecule has 1 aromatic heterocycles. The first-order chi connectivity index (χ1) is 7.52. The van der Waals surface area contributed by atoms with Gasteiger partial charge in [0.1, 0.15) is 5.82 Å². The Labute approximate surface area is 100 Å². The van der Waals surface area contributed by atoms with E-state index in [0.29, 0.717) is 6.04 Å². The Hall–Kier alpha value is -1.06. The number of rotatable bonds is 2. The number of aromatic nitrogens is 2. The summed E-state index contributed by atoms with van der Waals surface area (Å²) < 4.78 is 2.11. The Morgan fingerprint density at radius 2 is 2.00 bits per heavy atom. The molecule has 86 valence electrons. The highest BCUT2D eigenvalue weighted by Crippen LogP contribution is 2.29. The average molecular weight is 238 g/mol. The van der Waals surface area contributed by atoms with Crippen LogP contribution in [0.1, 0.15) is 38.7 Å². The summed E-state index contributed by atoms with van der Waals surface area (Å²) in [6.07, 6.45) is 0. The number of benzene rings is 1. The molecule has 16 heavy (non-hydrogen) atoms. The van der Waals surface area contributed by atoms with Gasteiger partial charge in [0.05, 0.1) is 22.1 Å². The first kappa shape index (κ1) is 11.4. The van der Waals surface area contributed by atoms with Crippen molar-refractivity contribution in [2.45, 2.75) is 32.9 Å². The maximum absolute atomic E-state index is 6.22. The zero-order valence-electron chi connectivity index (χ0n) is 9.74. The van der Waals surface area contributed by atoms with Gasteiger partial charge in [0.15, 0.2) is 0 Å². The van der Waals surface area contributed by atoms with Crippen LogP contribution in [0.3, 0.4) is 0 Å². The molecule has 2 aromatic rings. The smallest absolute Gasteiger partial charge is 0.126 e. The third-order valence-corrected chi connectivity index (χ3v) is 2.92. The van der Waals surface area contributed by atoms with Crippen molar-refractivity contribution < 1.29 is 0 Å². The summed E-state index contributed by atoms with van der Waals surface area (Å²) in [6, 6.07) is 5.96. The minimum Gasteiger partial charge on any atom is -0.323 e. The van der Waals surface area contributed by atoms with Crippen molar-refractivity contribution >= 4 is 22.6 Å². The van der Waals surface area contributed by atoms with Crippen molar-refractivity contribution in [3.8, 4) is 0 Å². The summed E-state index contributed by atoms with van der Waals surface area (Å²) in [5, 5.41) is 0.727. The van der Waals surface area contributed by atoms with Gasteiger partial charge in [-0.2, -0.15) is 0 Å². The quantitative estimate of drug-likeness (QED) is 0.871. The summed E-state index contributed by atoms with van der Waals surface area (Å²) in [7, 11) is 0. The van der Waals surface area contributed by atoms with Crippen molar-refractivity contribution in [3.05, 3.63) is 29.0 Å². The lowest BCUT2D eigenvalue weighted by Crippen LogP contribution is -2.15. The van der Waals surface area contributed by atoms with Crippen molar-refractivity contribution in [1.82, 2.24) is 9.55 Å². The molecule has 0 aliphatic rings. The minimum absolute atomic E-state index is 0.0918. The second-order valence-corrected chi connectivity index (χ2v) is 4.74.